The highest BCUT2D eigenvalue weighted by Crippen LogP contribution is 2.31. The summed E-state index contributed by atoms with van der Waals surface area (Å²) in [5.41, 5.74) is -0.592. The fourth-order valence-electron chi connectivity index (χ4n) is 2.95. The molecular weight excluding hydrogens is 230 g/mol. The van der Waals surface area contributed by atoms with Gasteiger partial charge in [0.2, 0.25) is 0 Å². The second-order valence-corrected chi connectivity index (χ2v) is 5.34. The van der Waals surface area contributed by atoms with Crippen LogP contribution in [0.5, 0.6) is 0 Å². The third-order valence-corrected chi connectivity index (χ3v) is 4.04. The predicted octanol–water partition coefficient (Wildman–Crippen LogP) is 1.24. The van der Waals surface area contributed by atoms with Crippen molar-refractivity contribution in [3.63, 3.8) is 0 Å². The first kappa shape index (κ1) is 13.3. The molecule has 5 heteroatoms. The van der Waals surface area contributed by atoms with Gasteiger partial charge in [-0.3, -0.25) is 9.69 Å². The molecule has 1 aliphatic heterocycles. The second kappa shape index (κ2) is 5.69. The SMILES string of the molecule is CNCCN1C(=O)NC2(CCCCCCC2)C1=O. The van der Waals surface area contributed by atoms with Crippen molar-refractivity contribution < 1.29 is 9.59 Å². The van der Waals surface area contributed by atoms with Gasteiger partial charge in [0.05, 0.1) is 0 Å². The zero-order valence-corrected chi connectivity index (χ0v) is 11.1. The second-order valence-electron chi connectivity index (χ2n) is 5.34. The van der Waals surface area contributed by atoms with Gasteiger partial charge < -0.3 is 10.6 Å². The number of rotatable bonds is 3. The number of nitrogens with one attached hydrogen (secondary N) is 2. The van der Waals surface area contributed by atoms with E-state index in [4.69, 9.17) is 0 Å². The third-order valence-electron chi connectivity index (χ3n) is 4.04. The van der Waals surface area contributed by atoms with Crippen LogP contribution in [0, 0.1) is 0 Å². The number of imide groups is 1. The van der Waals surface area contributed by atoms with Crippen LogP contribution in [0.4, 0.5) is 4.79 Å². The largest absolute Gasteiger partial charge is 0.325 e. The Hall–Kier alpha value is -1.10. The van der Waals surface area contributed by atoms with E-state index in [0.29, 0.717) is 13.1 Å². The Bertz CT molecular complexity index is 322. The van der Waals surface area contributed by atoms with Gasteiger partial charge in [-0.05, 0) is 19.9 Å². The Kier molecular flexibility index (Phi) is 4.22. The number of carbonyl (C=O) groups excluding carboxylic acids is 2. The number of amides is 3. The molecule has 0 aromatic carbocycles. The van der Waals surface area contributed by atoms with Crippen LogP contribution in [-0.4, -0.2) is 42.5 Å². The topological polar surface area (TPSA) is 61.4 Å². The molecule has 5 nitrogen and oxygen atoms in total. The fourth-order valence-corrected chi connectivity index (χ4v) is 2.95. The van der Waals surface area contributed by atoms with E-state index >= 15 is 0 Å². The van der Waals surface area contributed by atoms with Crippen molar-refractivity contribution in [2.45, 2.75) is 50.5 Å². The first-order valence-electron chi connectivity index (χ1n) is 6.98. The molecule has 2 N–H and O–H groups in total. The van der Waals surface area contributed by atoms with Crippen molar-refractivity contribution in [2.24, 2.45) is 0 Å². The van der Waals surface area contributed by atoms with Crippen LogP contribution >= 0.6 is 0 Å². The zero-order chi connectivity index (χ0) is 13.0. The molecule has 0 aromatic heterocycles. The van der Waals surface area contributed by atoms with Gasteiger partial charge in [-0.2, -0.15) is 0 Å². The molecule has 2 rings (SSSR count). The summed E-state index contributed by atoms with van der Waals surface area (Å²) < 4.78 is 0. The van der Waals surface area contributed by atoms with Gasteiger partial charge in [-0.1, -0.05) is 32.1 Å². The normalized spacial score (nSPS) is 23.9. The molecule has 2 aliphatic rings. The minimum Gasteiger partial charge on any atom is -0.323 e. The molecule has 0 radical (unpaired) electrons. The Morgan fingerprint density at radius 3 is 2.39 bits per heavy atom. The number of likely N-dealkylation sites (N-methyl/N-ethyl adjacent to an activating group) is 1. The number of nitrogens with zero attached hydrogens (tertiary/aromatic N) is 1. The van der Waals surface area contributed by atoms with E-state index < -0.39 is 5.54 Å². The van der Waals surface area contributed by atoms with E-state index in [1.807, 2.05) is 7.05 Å². The lowest BCUT2D eigenvalue weighted by molar-refractivity contribution is -0.132. The van der Waals surface area contributed by atoms with Crippen LogP contribution in [-0.2, 0) is 4.79 Å². The molecule has 0 aromatic rings. The highest BCUT2D eigenvalue weighted by Gasteiger charge is 2.49. The van der Waals surface area contributed by atoms with E-state index in [0.717, 1.165) is 25.7 Å². The van der Waals surface area contributed by atoms with E-state index in [1.165, 1.54) is 24.2 Å². The Morgan fingerprint density at radius 2 is 1.78 bits per heavy atom. The summed E-state index contributed by atoms with van der Waals surface area (Å²) in [6.45, 7) is 1.11. The lowest BCUT2D eigenvalue weighted by Gasteiger charge is -2.28. The molecule has 3 amide bonds. The van der Waals surface area contributed by atoms with E-state index in [1.54, 1.807) is 0 Å². The standard InChI is InChI=1S/C13H23N3O2/c1-14-9-10-16-11(17)13(15-12(16)18)7-5-3-2-4-6-8-13/h14H,2-10H2,1H3,(H,15,18). The van der Waals surface area contributed by atoms with Crippen LogP contribution < -0.4 is 10.6 Å². The van der Waals surface area contributed by atoms with E-state index in [9.17, 15) is 9.59 Å². The summed E-state index contributed by atoms with van der Waals surface area (Å²) >= 11 is 0. The Balaban J connectivity index is 2.08. The van der Waals surface area contributed by atoms with Gasteiger partial charge in [0.15, 0.2) is 0 Å². The molecule has 1 saturated heterocycles. The number of hydrogen-bond acceptors (Lipinski definition) is 3. The molecule has 0 bridgehead atoms. The molecule has 0 atom stereocenters. The molecule has 18 heavy (non-hydrogen) atoms. The molecule has 102 valence electrons. The summed E-state index contributed by atoms with van der Waals surface area (Å²) in [5.74, 6) is -0.00958. The van der Waals surface area contributed by atoms with Crippen molar-refractivity contribution in [1.82, 2.24) is 15.5 Å². The van der Waals surface area contributed by atoms with Crippen LogP contribution in [0.15, 0.2) is 0 Å². The van der Waals surface area contributed by atoms with Gasteiger partial charge in [-0.15, -0.1) is 0 Å². The van der Waals surface area contributed by atoms with Crippen molar-refractivity contribution in [2.75, 3.05) is 20.1 Å². The molecular formula is C13H23N3O2. The fraction of sp³-hybridized carbons (Fsp3) is 0.846. The average molecular weight is 253 g/mol. The first-order valence-corrected chi connectivity index (χ1v) is 6.98. The maximum atomic E-state index is 12.5. The highest BCUT2D eigenvalue weighted by molar-refractivity contribution is 6.07. The van der Waals surface area contributed by atoms with Gasteiger partial charge in [-0.25, -0.2) is 4.79 Å². The molecule has 0 unspecified atom stereocenters. The lowest BCUT2D eigenvalue weighted by Crippen LogP contribution is -2.47. The molecule has 1 heterocycles. The third kappa shape index (κ3) is 2.51. The molecule has 2 fully saturated rings. The quantitative estimate of drug-likeness (QED) is 0.744. The minimum absolute atomic E-state index is 0.00958. The maximum Gasteiger partial charge on any atom is 0.325 e. The first-order chi connectivity index (χ1) is 8.69. The molecule has 1 aliphatic carbocycles. The van der Waals surface area contributed by atoms with Crippen LogP contribution in [0.3, 0.4) is 0 Å². The molecule has 1 spiro atoms. The monoisotopic (exact) mass is 253 g/mol. The average Bonchev–Trinajstić information content (AvgIpc) is 2.55. The van der Waals surface area contributed by atoms with Gasteiger partial charge in [0.1, 0.15) is 5.54 Å². The van der Waals surface area contributed by atoms with Crippen molar-refractivity contribution in [3.8, 4) is 0 Å². The summed E-state index contributed by atoms with van der Waals surface area (Å²) in [6, 6.07) is -0.212. The molecule has 1 saturated carbocycles. The number of hydrogen-bond donors (Lipinski definition) is 2. The van der Waals surface area contributed by atoms with Gasteiger partial charge in [0, 0.05) is 13.1 Å². The smallest absolute Gasteiger partial charge is 0.323 e. The number of urea groups is 1. The van der Waals surface area contributed by atoms with Crippen molar-refractivity contribution in [3.05, 3.63) is 0 Å². The Morgan fingerprint density at radius 1 is 1.17 bits per heavy atom. The predicted molar refractivity (Wildman–Crippen MR) is 69.2 cm³/mol. The van der Waals surface area contributed by atoms with Crippen molar-refractivity contribution in [1.29, 1.82) is 0 Å². The van der Waals surface area contributed by atoms with E-state index in [2.05, 4.69) is 10.6 Å². The van der Waals surface area contributed by atoms with Crippen molar-refractivity contribution >= 4 is 11.9 Å². The summed E-state index contributed by atoms with van der Waals surface area (Å²) in [6.07, 6.45) is 7.25. The van der Waals surface area contributed by atoms with Crippen LogP contribution in [0.25, 0.3) is 0 Å². The van der Waals surface area contributed by atoms with Gasteiger partial charge in [0.25, 0.3) is 5.91 Å². The number of carbonyl (C=O) groups is 2. The van der Waals surface area contributed by atoms with Gasteiger partial charge >= 0.3 is 6.03 Å². The summed E-state index contributed by atoms with van der Waals surface area (Å²) in [4.78, 5) is 25.8. The maximum absolute atomic E-state index is 12.5. The zero-order valence-electron chi connectivity index (χ0n) is 11.1. The minimum atomic E-state index is -0.592. The van der Waals surface area contributed by atoms with Crippen LogP contribution in [0.2, 0.25) is 0 Å². The lowest BCUT2D eigenvalue weighted by atomic mass is 9.84. The Labute approximate surface area is 108 Å². The summed E-state index contributed by atoms with van der Waals surface area (Å²) in [7, 11) is 1.82. The van der Waals surface area contributed by atoms with Crippen LogP contribution in [0.1, 0.15) is 44.9 Å². The van der Waals surface area contributed by atoms with E-state index in [-0.39, 0.29) is 11.9 Å². The highest BCUT2D eigenvalue weighted by atomic mass is 16.2. The summed E-state index contributed by atoms with van der Waals surface area (Å²) in [5, 5.41) is 5.93.